The molecule has 0 aliphatic rings. The van der Waals surface area contributed by atoms with Crippen LogP contribution in [0.2, 0.25) is 0 Å². The third kappa shape index (κ3) is 3.34. The molecule has 0 aliphatic heterocycles. The highest BCUT2D eigenvalue weighted by atomic mass is 32.1. The van der Waals surface area contributed by atoms with Gasteiger partial charge in [-0.2, -0.15) is 0 Å². The van der Waals surface area contributed by atoms with E-state index in [-0.39, 0.29) is 23.9 Å². The molecule has 1 unspecified atom stereocenters. The summed E-state index contributed by atoms with van der Waals surface area (Å²) in [5.41, 5.74) is 1.59. The van der Waals surface area contributed by atoms with Gasteiger partial charge in [0.15, 0.2) is 0 Å². The molecule has 6 heteroatoms. The van der Waals surface area contributed by atoms with E-state index in [4.69, 9.17) is 0 Å². The van der Waals surface area contributed by atoms with Crippen molar-refractivity contribution in [1.29, 1.82) is 0 Å². The fourth-order valence-electron chi connectivity index (χ4n) is 1.90. The molecule has 1 atom stereocenters. The van der Waals surface area contributed by atoms with Crippen molar-refractivity contribution in [3.8, 4) is 0 Å². The van der Waals surface area contributed by atoms with Crippen molar-refractivity contribution in [2.24, 2.45) is 0 Å². The Morgan fingerprint density at radius 1 is 1.40 bits per heavy atom. The van der Waals surface area contributed by atoms with Crippen molar-refractivity contribution < 1.29 is 9.90 Å². The molecule has 0 spiro atoms. The van der Waals surface area contributed by atoms with Gasteiger partial charge in [0.05, 0.1) is 12.6 Å². The molecule has 2 aromatic rings. The second-order valence-electron chi connectivity index (χ2n) is 4.44. The third-order valence-electron chi connectivity index (χ3n) is 3.00. The molecule has 106 valence electrons. The summed E-state index contributed by atoms with van der Waals surface area (Å²) < 4.78 is 1.42. The summed E-state index contributed by atoms with van der Waals surface area (Å²) in [7, 11) is 0. The first-order valence-electron chi connectivity index (χ1n) is 6.22. The van der Waals surface area contributed by atoms with Gasteiger partial charge in [0, 0.05) is 11.1 Å². The molecule has 0 aliphatic carbocycles. The zero-order valence-corrected chi connectivity index (χ0v) is 11.9. The van der Waals surface area contributed by atoms with Crippen molar-refractivity contribution in [1.82, 2.24) is 9.88 Å². The molecule has 0 saturated carbocycles. The molecule has 0 bridgehead atoms. The van der Waals surface area contributed by atoms with Crippen LogP contribution in [0.25, 0.3) is 0 Å². The topological polar surface area (TPSA) is 71.3 Å². The maximum absolute atomic E-state index is 12.0. The second-order valence-corrected chi connectivity index (χ2v) is 5.26. The van der Waals surface area contributed by atoms with E-state index < -0.39 is 6.04 Å². The summed E-state index contributed by atoms with van der Waals surface area (Å²) >= 11 is 1.07. The lowest BCUT2D eigenvalue weighted by atomic mass is 10.1. The van der Waals surface area contributed by atoms with Gasteiger partial charge in [0.1, 0.15) is 6.54 Å². The number of carbonyl (C=O) groups excluding carboxylic acids is 1. The van der Waals surface area contributed by atoms with E-state index in [2.05, 4.69) is 5.32 Å². The van der Waals surface area contributed by atoms with Gasteiger partial charge in [-0.15, -0.1) is 0 Å². The quantitative estimate of drug-likeness (QED) is 0.866. The van der Waals surface area contributed by atoms with E-state index >= 15 is 0 Å². The number of aromatic nitrogens is 1. The first-order chi connectivity index (χ1) is 9.61. The van der Waals surface area contributed by atoms with E-state index in [0.717, 1.165) is 22.6 Å². The molecule has 0 fully saturated rings. The molecule has 1 heterocycles. The number of rotatable bonds is 5. The fourth-order valence-corrected chi connectivity index (χ4v) is 2.63. The van der Waals surface area contributed by atoms with Gasteiger partial charge in [-0.05, 0) is 12.5 Å². The van der Waals surface area contributed by atoms with Crippen LogP contribution in [0.3, 0.4) is 0 Å². The number of amides is 1. The minimum absolute atomic E-state index is 0.0303. The predicted octanol–water partition coefficient (Wildman–Crippen LogP) is 1.07. The summed E-state index contributed by atoms with van der Waals surface area (Å²) in [4.78, 5) is 23.4. The maximum Gasteiger partial charge on any atom is 0.307 e. The van der Waals surface area contributed by atoms with Crippen LogP contribution >= 0.6 is 11.3 Å². The van der Waals surface area contributed by atoms with Crippen molar-refractivity contribution in [3.05, 3.63) is 56.6 Å². The Labute approximate surface area is 120 Å². The number of thiazole rings is 1. The Kier molecular flexibility index (Phi) is 4.70. The van der Waals surface area contributed by atoms with Crippen molar-refractivity contribution in [3.63, 3.8) is 0 Å². The highest BCUT2D eigenvalue weighted by Crippen LogP contribution is 2.11. The standard InChI is InChI=1S/C14H16N2O3S/c1-10-9-20-14(19)16(10)7-13(18)15-12(8-17)11-5-3-2-4-6-11/h2-6,9,12,17H,7-8H2,1H3,(H,15,18). The zero-order valence-electron chi connectivity index (χ0n) is 11.1. The van der Waals surface area contributed by atoms with Gasteiger partial charge >= 0.3 is 4.87 Å². The minimum atomic E-state index is -0.460. The molecule has 2 N–H and O–H groups in total. The Morgan fingerprint density at radius 3 is 2.65 bits per heavy atom. The van der Waals surface area contributed by atoms with Crippen LogP contribution in [0.4, 0.5) is 0 Å². The number of aliphatic hydroxyl groups is 1. The molecular formula is C14H16N2O3S. The number of hydrogen-bond acceptors (Lipinski definition) is 4. The summed E-state index contributed by atoms with van der Waals surface area (Å²) in [6.45, 7) is 1.57. The van der Waals surface area contributed by atoms with Crippen LogP contribution < -0.4 is 10.2 Å². The van der Waals surface area contributed by atoms with Crippen molar-refractivity contribution in [2.45, 2.75) is 19.5 Å². The lowest BCUT2D eigenvalue weighted by molar-refractivity contribution is -0.122. The van der Waals surface area contributed by atoms with Crippen LogP contribution in [0.5, 0.6) is 0 Å². The van der Waals surface area contributed by atoms with Gasteiger partial charge in [-0.25, -0.2) is 0 Å². The van der Waals surface area contributed by atoms with E-state index in [1.807, 2.05) is 30.3 Å². The maximum atomic E-state index is 12.0. The van der Waals surface area contributed by atoms with Crippen LogP contribution in [0.15, 0.2) is 40.5 Å². The average Bonchev–Trinajstić information content (AvgIpc) is 2.77. The van der Waals surface area contributed by atoms with Crippen LogP contribution in [0.1, 0.15) is 17.3 Å². The van der Waals surface area contributed by atoms with Gasteiger partial charge in [-0.3, -0.25) is 14.2 Å². The number of nitrogens with zero attached hydrogens (tertiary/aromatic N) is 1. The van der Waals surface area contributed by atoms with Gasteiger partial charge in [0.2, 0.25) is 5.91 Å². The third-order valence-corrected chi connectivity index (χ3v) is 3.88. The first kappa shape index (κ1) is 14.5. The number of aliphatic hydroxyl groups excluding tert-OH is 1. The van der Waals surface area contributed by atoms with Gasteiger partial charge < -0.3 is 10.4 Å². The van der Waals surface area contributed by atoms with Crippen LogP contribution in [-0.4, -0.2) is 22.2 Å². The summed E-state index contributed by atoms with van der Waals surface area (Å²) in [5.74, 6) is -0.295. The van der Waals surface area contributed by atoms with E-state index in [1.165, 1.54) is 4.57 Å². The molecule has 1 aromatic carbocycles. The Hall–Kier alpha value is -1.92. The summed E-state index contributed by atoms with van der Waals surface area (Å²) in [6.07, 6.45) is 0. The largest absolute Gasteiger partial charge is 0.394 e. The van der Waals surface area contributed by atoms with E-state index in [0.29, 0.717) is 0 Å². The molecule has 1 amide bonds. The molecule has 20 heavy (non-hydrogen) atoms. The Balaban J connectivity index is 2.05. The molecule has 0 saturated heterocycles. The van der Waals surface area contributed by atoms with Gasteiger partial charge in [0.25, 0.3) is 0 Å². The fraction of sp³-hybridized carbons (Fsp3) is 0.286. The van der Waals surface area contributed by atoms with Crippen LogP contribution in [0, 0.1) is 6.92 Å². The average molecular weight is 292 g/mol. The summed E-state index contributed by atoms with van der Waals surface area (Å²) in [5, 5.41) is 13.8. The number of benzene rings is 1. The highest BCUT2D eigenvalue weighted by Gasteiger charge is 2.15. The predicted molar refractivity (Wildman–Crippen MR) is 77.7 cm³/mol. The van der Waals surface area contributed by atoms with Crippen molar-refractivity contribution in [2.75, 3.05) is 6.61 Å². The Morgan fingerprint density at radius 2 is 2.10 bits per heavy atom. The smallest absolute Gasteiger partial charge is 0.307 e. The number of nitrogens with one attached hydrogen (secondary N) is 1. The lowest BCUT2D eigenvalue weighted by Gasteiger charge is -2.17. The Bertz CT molecular complexity index is 633. The molecule has 1 aromatic heterocycles. The highest BCUT2D eigenvalue weighted by molar-refractivity contribution is 7.07. The van der Waals surface area contributed by atoms with Crippen molar-refractivity contribution >= 4 is 17.2 Å². The molecular weight excluding hydrogens is 276 g/mol. The van der Waals surface area contributed by atoms with E-state index in [9.17, 15) is 14.7 Å². The van der Waals surface area contributed by atoms with E-state index in [1.54, 1.807) is 12.3 Å². The molecule has 2 rings (SSSR count). The number of carbonyl (C=O) groups is 1. The normalized spacial score (nSPS) is 12.1. The number of hydrogen-bond donors (Lipinski definition) is 2. The molecule has 5 nitrogen and oxygen atoms in total. The second kappa shape index (κ2) is 6.49. The number of aryl methyl sites for hydroxylation is 1. The first-order valence-corrected chi connectivity index (χ1v) is 7.10. The SMILES string of the molecule is Cc1csc(=O)n1CC(=O)NC(CO)c1ccccc1. The minimum Gasteiger partial charge on any atom is -0.394 e. The molecule has 0 radical (unpaired) electrons. The lowest BCUT2D eigenvalue weighted by Crippen LogP contribution is -2.35. The zero-order chi connectivity index (χ0) is 14.5. The monoisotopic (exact) mass is 292 g/mol. The van der Waals surface area contributed by atoms with Crippen LogP contribution in [-0.2, 0) is 11.3 Å². The summed E-state index contributed by atoms with van der Waals surface area (Å²) in [6, 6.07) is 8.77. The van der Waals surface area contributed by atoms with Gasteiger partial charge in [-0.1, -0.05) is 41.7 Å².